The molecule has 0 saturated heterocycles. The summed E-state index contributed by atoms with van der Waals surface area (Å²) in [6.45, 7) is 5.54. The van der Waals surface area contributed by atoms with Gasteiger partial charge in [-0.25, -0.2) is 9.97 Å². The van der Waals surface area contributed by atoms with E-state index in [1.807, 2.05) is 19.9 Å². The first-order valence-electron chi connectivity index (χ1n) is 8.61. The van der Waals surface area contributed by atoms with E-state index in [-0.39, 0.29) is 46.4 Å². The number of nitrogen functional groups attached to an aromatic ring is 2. The van der Waals surface area contributed by atoms with Gasteiger partial charge in [0.15, 0.2) is 34.2 Å². The third kappa shape index (κ3) is 8.89. The van der Waals surface area contributed by atoms with Crippen molar-refractivity contribution < 1.29 is 14.7 Å². The second kappa shape index (κ2) is 12.4. The molecular formula is C19H25Cl2N7O3. The van der Waals surface area contributed by atoms with Crippen LogP contribution in [0, 0.1) is 0 Å². The summed E-state index contributed by atoms with van der Waals surface area (Å²) < 4.78 is 0. The van der Waals surface area contributed by atoms with Crippen LogP contribution in [0.25, 0.3) is 0 Å². The number of ketones is 1. The first-order chi connectivity index (χ1) is 13.9. The maximum Gasteiger partial charge on any atom is 0.302 e. The van der Waals surface area contributed by atoms with Gasteiger partial charge in [0, 0.05) is 5.56 Å². The Balaban J connectivity index is 0.000000562. The molecule has 0 bridgehead atoms. The van der Waals surface area contributed by atoms with E-state index in [4.69, 9.17) is 34.5 Å². The number of aromatic nitrogens is 2. The zero-order chi connectivity index (χ0) is 23.0. The van der Waals surface area contributed by atoms with Crippen molar-refractivity contribution in [3.8, 4) is 5.75 Å². The van der Waals surface area contributed by atoms with Gasteiger partial charge < -0.3 is 28.0 Å². The zero-order valence-electron chi connectivity index (χ0n) is 17.2. The molecular weight excluding hydrogens is 445 g/mol. The van der Waals surface area contributed by atoms with Crippen LogP contribution < -0.4 is 22.9 Å². The molecule has 0 unspecified atom stereocenters. The number of rotatable bonds is 4. The fourth-order valence-electron chi connectivity index (χ4n) is 2.05. The highest BCUT2D eigenvalue weighted by Gasteiger charge is 2.15. The normalized spacial score (nSPS) is 9.42. The number of carbonyl (C=O) groups excluding carboxylic acids is 2. The number of nitrogens with zero attached hydrogens (tertiary/aromatic N) is 3. The molecule has 1 heterocycles. The largest absolute Gasteiger partial charge is 0.508 e. The molecule has 31 heavy (non-hydrogen) atoms. The molecule has 10 nitrogen and oxygen atoms in total. The number of anilines is 2. The van der Waals surface area contributed by atoms with Gasteiger partial charge in [0.2, 0.25) is 0 Å². The van der Waals surface area contributed by atoms with Crippen LogP contribution in [0.2, 0.25) is 5.15 Å². The summed E-state index contributed by atoms with van der Waals surface area (Å²) in [5.74, 6) is -1.23. The standard InChI is InChI=1S/C13H16O2.C6H8ClN7O.ClH/c1-9(2)4-5-12-8-11(10(3)14)6-7-13(12)15;7-2-4(9)13-3(8)1(12-2)5(15)14-6(10)11;/h4,6-8,15H,5H2,1-3H3;(H4,8,9,13)(H4,10,11,14,15);1H. The van der Waals surface area contributed by atoms with Crippen molar-refractivity contribution in [3.05, 3.63) is 51.8 Å². The van der Waals surface area contributed by atoms with Crippen LogP contribution in [-0.2, 0) is 6.42 Å². The molecule has 168 valence electrons. The number of hydrogen-bond acceptors (Lipinski definition) is 7. The van der Waals surface area contributed by atoms with Gasteiger partial charge in [0.1, 0.15) is 5.75 Å². The lowest BCUT2D eigenvalue weighted by Gasteiger charge is -2.04. The Bertz CT molecular complexity index is 1020. The van der Waals surface area contributed by atoms with E-state index < -0.39 is 11.9 Å². The molecule has 2 aromatic rings. The van der Waals surface area contributed by atoms with Crippen LogP contribution >= 0.6 is 24.0 Å². The summed E-state index contributed by atoms with van der Waals surface area (Å²) in [4.78, 5) is 32.9. The second-order valence-electron chi connectivity index (χ2n) is 6.36. The minimum atomic E-state index is -0.832. The smallest absolute Gasteiger partial charge is 0.302 e. The summed E-state index contributed by atoms with van der Waals surface area (Å²) in [6, 6.07) is 4.96. The van der Waals surface area contributed by atoms with Crippen molar-refractivity contribution in [2.45, 2.75) is 27.2 Å². The van der Waals surface area contributed by atoms with Crippen LogP contribution in [0.3, 0.4) is 0 Å². The molecule has 12 heteroatoms. The Hall–Kier alpha value is -3.37. The number of phenolic OH excluding ortho intramolecular Hbond substituents is 1. The van der Waals surface area contributed by atoms with Gasteiger partial charge in [-0.15, -0.1) is 12.4 Å². The first kappa shape index (κ1) is 27.6. The average molecular weight is 470 g/mol. The SMILES string of the molecule is CC(=O)c1ccc(O)c(CC=C(C)C)c1.Cl.NC(N)=NC(=O)c1nc(Cl)c(N)nc1N. The number of benzene rings is 1. The highest BCUT2D eigenvalue weighted by atomic mass is 35.5. The number of nitrogens with two attached hydrogens (primary N) is 4. The number of hydrogen-bond donors (Lipinski definition) is 5. The molecule has 0 saturated carbocycles. The quantitative estimate of drug-likeness (QED) is 0.192. The number of phenols is 1. The summed E-state index contributed by atoms with van der Waals surface area (Å²) in [5.41, 5.74) is 23.1. The zero-order valence-corrected chi connectivity index (χ0v) is 18.8. The Morgan fingerprint density at radius 2 is 1.74 bits per heavy atom. The number of Topliss-reactive ketones (excluding diaryl/α,β-unsaturated/α-hetero) is 1. The molecule has 0 fully saturated rings. The van der Waals surface area contributed by atoms with Crippen LogP contribution in [0.1, 0.15) is 47.2 Å². The molecule has 0 atom stereocenters. The van der Waals surface area contributed by atoms with Crippen LogP contribution in [0.5, 0.6) is 5.75 Å². The van der Waals surface area contributed by atoms with Crippen molar-refractivity contribution in [3.63, 3.8) is 0 Å². The fraction of sp³-hybridized carbons (Fsp3) is 0.211. The number of guanidine groups is 1. The van der Waals surface area contributed by atoms with Gasteiger partial charge in [-0.2, -0.15) is 4.99 Å². The highest BCUT2D eigenvalue weighted by Crippen LogP contribution is 2.20. The van der Waals surface area contributed by atoms with E-state index in [9.17, 15) is 14.7 Å². The van der Waals surface area contributed by atoms with Crippen molar-refractivity contribution >= 4 is 53.3 Å². The molecule has 0 aliphatic carbocycles. The van der Waals surface area contributed by atoms with Crippen molar-refractivity contribution in [1.82, 2.24) is 9.97 Å². The van der Waals surface area contributed by atoms with Crippen LogP contribution in [0.15, 0.2) is 34.8 Å². The third-order valence-electron chi connectivity index (χ3n) is 3.55. The summed E-state index contributed by atoms with van der Waals surface area (Å²) in [6.07, 6.45) is 2.69. The number of aliphatic imine (C=N–C) groups is 1. The van der Waals surface area contributed by atoms with E-state index in [1.165, 1.54) is 12.5 Å². The Labute approximate surface area is 190 Å². The van der Waals surface area contributed by atoms with E-state index >= 15 is 0 Å². The predicted molar refractivity (Wildman–Crippen MR) is 125 cm³/mol. The number of allylic oxidation sites excluding steroid dienone is 2. The monoisotopic (exact) mass is 469 g/mol. The molecule has 0 radical (unpaired) electrons. The fourth-order valence-corrected chi connectivity index (χ4v) is 2.18. The molecule has 2 rings (SSSR count). The lowest BCUT2D eigenvalue weighted by molar-refractivity contribution is 0.0995. The van der Waals surface area contributed by atoms with Gasteiger partial charge in [0.05, 0.1) is 0 Å². The lowest BCUT2D eigenvalue weighted by Crippen LogP contribution is -2.24. The summed E-state index contributed by atoms with van der Waals surface area (Å²) >= 11 is 5.55. The summed E-state index contributed by atoms with van der Waals surface area (Å²) in [5, 5.41) is 9.45. The number of aromatic hydroxyl groups is 1. The molecule has 0 spiro atoms. The van der Waals surface area contributed by atoms with Crippen LogP contribution in [-0.4, -0.2) is 32.7 Å². The van der Waals surface area contributed by atoms with E-state index in [1.54, 1.807) is 18.2 Å². The van der Waals surface area contributed by atoms with Gasteiger partial charge in [-0.1, -0.05) is 23.3 Å². The van der Waals surface area contributed by atoms with Gasteiger partial charge in [-0.3, -0.25) is 9.59 Å². The van der Waals surface area contributed by atoms with Crippen molar-refractivity contribution in [1.29, 1.82) is 0 Å². The van der Waals surface area contributed by atoms with Crippen molar-refractivity contribution in [2.75, 3.05) is 11.5 Å². The maximum absolute atomic E-state index is 11.3. The minimum absolute atomic E-state index is 0. The second-order valence-corrected chi connectivity index (χ2v) is 6.72. The van der Waals surface area contributed by atoms with Gasteiger partial charge in [0.25, 0.3) is 0 Å². The van der Waals surface area contributed by atoms with Crippen LogP contribution in [0.4, 0.5) is 11.6 Å². The average Bonchev–Trinajstić information content (AvgIpc) is 2.63. The first-order valence-corrected chi connectivity index (χ1v) is 8.98. The molecule has 0 aliphatic heterocycles. The Kier molecular flexibility index (Phi) is 11.0. The Morgan fingerprint density at radius 1 is 1.13 bits per heavy atom. The molecule has 1 aromatic heterocycles. The number of amides is 1. The maximum atomic E-state index is 11.3. The third-order valence-corrected chi connectivity index (χ3v) is 3.83. The van der Waals surface area contributed by atoms with E-state index in [0.717, 1.165) is 5.56 Å². The molecule has 1 amide bonds. The van der Waals surface area contributed by atoms with Gasteiger partial charge in [-0.05, 0) is 51.0 Å². The predicted octanol–water partition coefficient (Wildman–Crippen LogP) is 2.23. The summed E-state index contributed by atoms with van der Waals surface area (Å²) in [7, 11) is 0. The molecule has 1 aromatic carbocycles. The Morgan fingerprint density at radius 3 is 2.26 bits per heavy atom. The minimum Gasteiger partial charge on any atom is -0.508 e. The van der Waals surface area contributed by atoms with Gasteiger partial charge >= 0.3 is 5.91 Å². The van der Waals surface area contributed by atoms with Crippen molar-refractivity contribution in [2.24, 2.45) is 16.5 Å². The number of halogens is 2. The number of carbonyl (C=O) groups is 2. The lowest BCUT2D eigenvalue weighted by atomic mass is 10.0. The van der Waals surface area contributed by atoms with E-state index in [2.05, 4.69) is 15.0 Å². The molecule has 0 aliphatic rings. The highest BCUT2D eigenvalue weighted by molar-refractivity contribution is 6.31. The molecule has 9 N–H and O–H groups in total. The topological polar surface area (TPSA) is 197 Å². The van der Waals surface area contributed by atoms with E-state index in [0.29, 0.717) is 12.0 Å².